The highest BCUT2D eigenvalue weighted by Crippen LogP contribution is 2.45. The first-order valence-electron chi connectivity index (χ1n) is 10.6. The Balaban J connectivity index is 1.39. The lowest BCUT2D eigenvalue weighted by atomic mass is 10.0. The van der Waals surface area contributed by atoms with Crippen LogP contribution in [0.2, 0.25) is 0 Å². The second-order valence-electron chi connectivity index (χ2n) is 8.09. The van der Waals surface area contributed by atoms with Crippen molar-refractivity contribution in [1.29, 1.82) is 0 Å². The van der Waals surface area contributed by atoms with Crippen molar-refractivity contribution in [3.63, 3.8) is 0 Å². The molecule has 1 unspecified atom stereocenters. The van der Waals surface area contributed by atoms with Crippen molar-refractivity contribution in [2.45, 2.75) is 33.0 Å². The van der Waals surface area contributed by atoms with Crippen LogP contribution in [0.25, 0.3) is 0 Å². The third-order valence-corrected chi connectivity index (χ3v) is 6.21. The fourth-order valence-corrected chi connectivity index (χ4v) is 4.53. The summed E-state index contributed by atoms with van der Waals surface area (Å²) >= 11 is 0. The number of fused-ring (bicyclic) bond motifs is 5. The lowest BCUT2D eigenvalue weighted by Crippen LogP contribution is -2.49. The largest absolute Gasteiger partial charge is 0.352 e. The van der Waals surface area contributed by atoms with E-state index in [0.29, 0.717) is 23.4 Å². The Bertz CT molecular complexity index is 1230. The van der Waals surface area contributed by atoms with E-state index in [9.17, 15) is 14.4 Å². The van der Waals surface area contributed by atoms with Gasteiger partial charge in [0.05, 0.1) is 16.9 Å². The molecule has 0 fully saturated rings. The second-order valence-corrected chi connectivity index (χ2v) is 8.09. The van der Waals surface area contributed by atoms with Gasteiger partial charge in [-0.3, -0.25) is 24.4 Å². The predicted octanol–water partition coefficient (Wildman–Crippen LogP) is 2.85. The fourth-order valence-electron chi connectivity index (χ4n) is 4.53. The molecule has 5 rings (SSSR count). The van der Waals surface area contributed by atoms with E-state index in [4.69, 9.17) is 0 Å². The molecule has 0 saturated heterocycles. The molecule has 1 aromatic heterocycles. The number of carbonyl (C=O) groups is 3. The second kappa shape index (κ2) is 7.64. The van der Waals surface area contributed by atoms with Gasteiger partial charge in [-0.15, -0.1) is 0 Å². The zero-order valence-electron chi connectivity index (χ0n) is 17.9. The average molecular weight is 429 g/mol. The van der Waals surface area contributed by atoms with E-state index >= 15 is 0 Å². The molecule has 0 bridgehead atoms. The summed E-state index contributed by atoms with van der Waals surface area (Å²) in [4.78, 5) is 42.4. The first kappa shape index (κ1) is 20.0. The molecule has 0 aliphatic carbocycles. The van der Waals surface area contributed by atoms with Crippen molar-refractivity contribution in [2.24, 2.45) is 0 Å². The third-order valence-electron chi connectivity index (χ3n) is 6.21. The van der Waals surface area contributed by atoms with E-state index in [1.165, 1.54) is 0 Å². The highest BCUT2D eigenvalue weighted by Gasteiger charge is 2.47. The number of aromatic nitrogens is 2. The number of benzene rings is 2. The molecule has 0 saturated carbocycles. The Morgan fingerprint density at radius 2 is 1.75 bits per heavy atom. The van der Waals surface area contributed by atoms with Gasteiger partial charge in [-0.05, 0) is 32.0 Å². The highest BCUT2D eigenvalue weighted by molar-refractivity contribution is 6.16. The number of hydrogen-bond donors (Lipinski definition) is 2. The van der Waals surface area contributed by atoms with Crippen LogP contribution in [0.15, 0.2) is 48.5 Å². The summed E-state index contributed by atoms with van der Waals surface area (Å²) in [7, 11) is 0. The van der Waals surface area contributed by atoms with Crippen molar-refractivity contribution in [3.8, 4) is 0 Å². The number of aryl methyl sites for hydroxylation is 2. The number of nitrogens with one attached hydrogen (secondary N) is 2. The predicted molar refractivity (Wildman–Crippen MR) is 118 cm³/mol. The highest BCUT2D eigenvalue weighted by atomic mass is 16.2. The van der Waals surface area contributed by atoms with Gasteiger partial charge in [0.25, 0.3) is 11.8 Å². The van der Waals surface area contributed by atoms with Gasteiger partial charge in [0.15, 0.2) is 0 Å². The number of H-pyrrole nitrogens is 1. The molecule has 2 aliphatic rings. The zero-order valence-corrected chi connectivity index (χ0v) is 17.9. The molecule has 0 radical (unpaired) electrons. The van der Waals surface area contributed by atoms with Crippen molar-refractivity contribution < 1.29 is 14.4 Å². The van der Waals surface area contributed by atoms with Gasteiger partial charge < -0.3 is 10.2 Å². The van der Waals surface area contributed by atoms with E-state index in [1.807, 2.05) is 38.1 Å². The molecule has 3 aromatic rings. The number of nitrogens with zero attached hydrogens (tertiary/aromatic N) is 3. The SMILES string of the molecule is Cc1n[nH]c(C)c1CNC(=O)CCN1C(=O)c2ccccc2N2C(=O)c3ccccc3C12. The van der Waals surface area contributed by atoms with Gasteiger partial charge >= 0.3 is 0 Å². The Hall–Kier alpha value is -3.94. The Kier molecular flexibility index (Phi) is 4.77. The number of para-hydroxylation sites is 1. The summed E-state index contributed by atoms with van der Waals surface area (Å²) in [6, 6.07) is 14.5. The Morgan fingerprint density at radius 3 is 2.50 bits per heavy atom. The van der Waals surface area contributed by atoms with Crippen molar-refractivity contribution >= 4 is 23.4 Å². The molecule has 8 nitrogen and oxygen atoms in total. The van der Waals surface area contributed by atoms with Crippen LogP contribution in [0, 0.1) is 13.8 Å². The minimum atomic E-state index is -0.549. The van der Waals surface area contributed by atoms with Crippen LogP contribution in [-0.2, 0) is 11.3 Å². The smallest absolute Gasteiger partial charge is 0.260 e. The summed E-state index contributed by atoms with van der Waals surface area (Å²) in [5, 5.41) is 9.96. The van der Waals surface area contributed by atoms with Gasteiger partial charge in [-0.25, -0.2) is 0 Å². The molecule has 3 heterocycles. The van der Waals surface area contributed by atoms with E-state index in [1.54, 1.807) is 34.1 Å². The number of carbonyl (C=O) groups excluding carboxylic acids is 3. The van der Waals surface area contributed by atoms with Crippen LogP contribution >= 0.6 is 0 Å². The first-order valence-corrected chi connectivity index (χ1v) is 10.6. The summed E-state index contributed by atoms with van der Waals surface area (Å²) in [6.07, 6.45) is -0.419. The summed E-state index contributed by atoms with van der Waals surface area (Å²) < 4.78 is 0. The van der Waals surface area contributed by atoms with Gasteiger partial charge in [0, 0.05) is 41.9 Å². The number of hydrogen-bond acceptors (Lipinski definition) is 4. The number of anilines is 1. The van der Waals surface area contributed by atoms with Crippen LogP contribution in [-0.4, -0.2) is 39.4 Å². The minimum absolute atomic E-state index is 0.130. The molecule has 2 N–H and O–H groups in total. The van der Waals surface area contributed by atoms with E-state index < -0.39 is 6.17 Å². The lowest BCUT2D eigenvalue weighted by Gasteiger charge is -2.40. The zero-order chi connectivity index (χ0) is 22.4. The molecule has 2 aliphatic heterocycles. The van der Waals surface area contributed by atoms with E-state index in [2.05, 4.69) is 15.5 Å². The molecular weight excluding hydrogens is 406 g/mol. The maximum Gasteiger partial charge on any atom is 0.260 e. The van der Waals surface area contributed by atoms with Gasteiger partial charge in [-0.1, -0.05) is 30.3 Å². The number of rotatable bonds is 5. The minimum Gasteiger partial charge on any atom is -0.352 e. The topological polar surface area (TPSA) is 98.4 Å². The third kappa shape index (κ3) is 3.07. The summed E-state index contributed by atoms with van der Waals surface area (Å²) in [6.45, 7) is 4.37. The van der Waals surface area contributed by atoms with Crippen molar-refractivity contribution in [1.82, 2.24) is 20.4 Å². The van der Waals surface area contributed by atoms with E-state index in [0.717, 1.165) is 22.5 Å². The van der Waals surface area contributed by atoms with Crippen molar-refractivity contribution in [3.05, 3.63) is 82.2 Å². The molecule has 2 aromatic carbocycles. The monoisotopic (exact) mass is 429 g/mol. The molecule has 3 amide bonds. The number of aromatic amines is 1. The Morgan fingerprint density at radius 1 is 1.03 bits per heavy atom. The fraction of sp³-hybridized carbons (Fsp3) is 0.250. The van der Waals surface area contributed by atoms with Crippen molar-refractivity contribution in [2.75, 3.05) is 11.4 Å². The standard InChI is InChI=1S/C24H23N5O3/c1-14-19(15(2)27-26-14)13-25-21(30)11-12-28-22-16-7-3-4-8-17(16)24(32)29(22)20-10-6-5-9-18(20)23(28)31/h3-10,22H,11-13H2,1-2H3,(H,25,30)(H,26,27). The normalized spacial score (nSPS) is 16.6. The molecule has 162 valence electrons. The van der Waals surface area contributed by atoms with Crippen LogP contribution in [0.4, 0.5) is 5.69 Å². The average Bonchev–Trinajstić information content (AvgIpc) is 3.28. The summed E-state index contributed by atoms with van der Waals surface area (Å²) in [5.74, 6) is -0.479. The van der Waals surface area contributed by atoms with Crippen LogP contribution in [0.1, 0.15) is 55.8 Å². The first-order chi connectivity index (χ1) is 15.5. The van der Waals surface area contributed by atoms with Crippen LogP contribution < -0.4 is 10.2 Å². The quantitative estimate of drug-likeness (QED) is 0.652. The lowest BCUT2D eigenvalue weighted by molar-refractivity contribution is -0.121. The molecule has 32 heavy (non-hydrogen) atoms. The van der Waals surface area contributed by atoms with Gasteiger partial charge in [0.1, 0.15) is 6.17 Å². The van der Waals surface area contributed by atoms with E-state index in [-0.39, 0.29) is 30.7 Å². The maximum absolute atomic E-state index is 13.4. The molecule has 0 spiro atoms. The van der Waals surface area contributed by atoms with Gasteiger partial charge in [0.2, 0.25) is 5.91 Å². The maximum atomic E-state index is 13.4. The molecule has 1 atom stereocenters. The van der Waals surface area contributed by atoms with Crippen LogP contribution in [0.5, 0.6) is 0 Å². The number of amides is 3. The molecule has 8 heteroatoms. The molecular formula is C24H23N5O3. The van der Waals surface area contributed by atoms with Crippen LogP contribution in [0.3, 0.4) is 0 Å². The van der Waals surface area contributed by atoms with Gasteiger partial charge in [-0.2, -0.15) is 5.10 Å². The Labute approximate surface area is 185 Å². The summed E-state index contributed by atoms with van der Waals surface area (Å²) in [5.41, 5.74) is 5.17.